The summed E-state index contributed by atoms with van der Waals surface area (Å²) < 4.78 is 4.89. The maximum absolute atomic E-state index is 12.0. The zero-order valence-electron chi connectivity index (χ0n) is 13.0. The van der Waals surface area contributed by atoms with E-state index in [4.69, 9.17) is 4.74 Å². The summed E-state index contributed by atoms with van der Waals surface area (Å²) in [6, 6.07) is 0. The number of rotatable bonds is 6. The predicted octanol–water partition coefficient (Wildman–Crippen LogP) is 2.20. The van der Waals surface area contributed by atoms with E-state index in [1.54, 1.807) is 0 Å². The largest absolute Gasteiger partial charge is 0.479 e. The van der Waals surface area contributed by atoms with Crippen molar-refractivity contribution < 1.29 is 19.4 Å². The van der Waals surface area contributed by atoms with Crippen LogP contribution in [0.15, 0.2) is 0 Å². The van der Waals surface area contributed by atoms with Crippen LogP contribution in [0.3, 0.4) is 0 Å². The lowest BCUT2D eigenvalue weighted by atomic mass is 9.72. The minimum Gasteiger partial charge on any atom is -0.479 e. The first-order chi connectivity index (χ1) is 9.18. The van der Waals surface area contributed by atoms with Crippen LogP contribution in [0.1, 0.15) is 52.9 Å². The number of carbonyl (C=O) groups is 2. The molecule has 1 rings (SSSR count). The molecular weight excluding hydrogens is 258 g/mol. The number of nitrogens with one attached hydrogen (secondary N) is 1. The first-order valence-electron chi connectivity index (χ1n) is 7.22. The van der Waals surface area contributed by atoms with Crippen LogP contribution >= 0.6 is 0 Å². The van der Waals surface area contributed by atoms with Crippen molar-refractivity contribution in [2.45, 2.75) is 58.4 Å². The Kier molecular flexibility index (Phi) is 5.57. The molecule has 0 aromatic rings. The molecule has 0 saturated heterocycles. The fraction of sp³-hybridized carbons (Fsp3) is 0.867. The predicted molar refractivity (Wildman–Crippen MR) is 76.4 cm³/mol. The average Bonchev–Trinajstić information content (AvgIpc) is 2.32. The van der Waals surface area contributed by atoms with E-state index >= 15 is 0 Å². The molecule has 0 spiro atoms. The van der Waals surface area contributed by atoms with Gasteiger partial charge in [0.05, 0.1) is 6.61 Å². The Morgan fingerprint density at radius 3 is 2.35 bits per heavy atom. The van der Waals surface area contributed by atoms with Crippen molar-refractivity contribution in [1.82, 2.24) is 5.32 Å². The van der Waals surface area contributed by atoms with Crippen LogP contribution in [0.2, 0.25) is 0 Å². The monoisotopic (exact) mass is 285 g/mol. The van der Waals surface area contributed by atoms with Crippen molar-refractivity contribution in [1.29, 1.82) is 0 Å². The molecule has 20 heavy (non-hydrogen) atoms. The molecule has 1 unspecified atom stereocenters. The Morgan fingerprint density at radius 2 is 1.90 bits per heavy atom. The molecule has 0 radical (unpaired) electrons. The van der Waals surface area contributed by atoms with Gasteiger partial charge in [-0.05, 0) is 43.9 Å². The van der Waals surface area contributed by atoms with Gasteiger partial charge in [-0.3, -0.25) is 4.79 Å². The van der Waals surface area contributed by atoms with Crippen LogP contribution in [0.4, 0.5) is 0 Å². The second kappa shape index (κ2) is 6.57. The lowest BCUT2D eigenvalue weighted by Crippen LogP contribution is -2.55. The second-order valence-corrected chi connectivity index (χ2v) is 6.93. The third kappa shape index (κ3) is 4.78. The van der Waals surface area contributed by atoms with Gasteiger partial charge in [-0.25, -0.2) is 4.79 Å². The Hall–Kier alpha value is -1.10. The van der Waals surface area contributed by atoms with Crippen LogP contribution in [0.5, 0.6) is 0 Å². The first kappa shape index (κ1) is 17.0. The van der Waals surface area contributed by atoms with Crippen LogP contribution in [0, 0.1) is 11.3 Å². The summed E-state index contributed by atoms with van der Waals surface area (Å²) in [5.41, 5.74) is -0.974. The van der Waals surface area contributed by atoms with Crippen molar-refractivity contribution in [3.8, 4) is 0 Å². The van der Waals surface area contributed by atoms with Gasteiger partial charge in [0.2, 0.25) is 5.91 Å². The highest BCUT2D eigenvalue weighted by Gasteiger charge is 2.36. The van der Waals surface area contributed by atoms with Gasteiger partial charge in [0.25, 0.3) is 0 Å². The van der Waals surface area contributed by atoms with E-state index in [0.29, 0.717) is 17.8 Å². The number of amides is 1. The van der Waals surface area contributed by atoms with E-state index in [1.165, 1.54) is 14.0 Å². The van der Waals surface area contributed by atoms with Gasteiger partial charge in [-0.1, -0.05) is 13.8 Å². The molecule has 5 heteroatoms. The fourth-order valence-corrected chi connectivity index (χ4v) is 2.72. The summed E-state index contributed by atoms with van der Waals surface area (Å²) in [5, 5.41) is 11.8. The topological polar surface area (TPSA) is 75.6 Å². The lowest BCUT2D eigenvalue weighted by Gasteiger charge is -2.34. The van der Waals surface area contributed by atoms with E-state index in [9.17, 15) is 14.7 Å². The SMILES string of the molecule is COCC(C)(NC(=O)CC1CCC(C)(C)CC1)C(=O)O. The Bertz CT molecular complexity index is 357. The molecule has 1 aliphatic rings. The van der Waals surface area contributed by atoms with Gasteiger partial charge in [-0.15, -0.1) is 0 Å². The number of carbonyl (C=O) groups excluding carboxylic acids is 1. The molecule has 2 N–H and O–H groups in total. The third-order valence-electron chi connectivity index (χ3n) is 4.25. The van der Waals surface area contributed by atoms with Gasteiger partial charge >= 0.3 is 5.97 Å². The summed E-state index contributed by atoms with van der Waals surface area (Å²) in [7, 11) is 1.43. The molecule has 0 bridgehead atoms. The Balaban J connectivity index is 2.49. The van der Waals surface area contributed by atoms with Crippen LogP contribution in [-0.4, -0.2) is 36.2 Å². The normalized spacial score (nSPS) is 22.0. The first-order valence-corrected chi connectivity index (χ1v) is 7.22. The molecular formula is C15H27NO4. The molecule has 0 aromatic carbocycles. The Labute approximate surface area is 121 Å². The molecule has 1 atom stereocenters. The van der Waals surface area contributed by atoms with E-state index < -0.39 is 11.5 Å². The van der Waals surface area contributed by atoms with Crippen LogP contribution in [0.25, 0.3) is 0 Å². The summed E-state index contributed by atoms with van der Waals surface area (Å²) in [5.74, 6) is -0.905. The fourth-order valence-electron chi connectivity index (χ4n) is 2.72. The van der Waals surface area contributed by atoms with Crippen molar-refractivity contribution in [2.75, 3.05) is 13.7 Å². The van der Waals surface area contributed by atoms with Crippen LogP contribution < -0.4 is 5.32 Å². The second-order valence-electron chi connectivity index (χ2n) is 6.93. The molecule has 0 aliphatic heterocycles. The number of carboxylic acid groups (broad SMARTS) is 1. The van der Waals surface area contributed by atoms with E-state index in [2.05, 4.69) is 19.2 Å². The molecule has 1 aliphatic carbocycles. The third-order valence-corrected chi connectivity index (χ3v) is 4.25. The van der Waals surface area contributed by atoms with Gasteiger partial charge in [0.1, 0.15) is 0 Å². The number of ether oxygens (including phenoxy) is 1. The van der Waals surface area contributed by atoms with Crippen LogP contribution in [-0.2, 0) is 14.3 Å². The molecule has 116 valence electrons. The highest BCUT2D eigenvalue weighted by molar-refractivity contribution is 5.86. The van der Waals surface area contributed by atoms with Gasteiger partial charge < -0.3 is 15.2 Å². The van der Waals surface area contributed by atoms with E-state index in [1.807, 2.05) is 0 Å². The lowest BCUT2D eigenvalue weighted by molar-refractivity contribution is -0.149. The van der Waals surface area contributed by atoms with Crippen molar-refractivity contribution in [2.24, 2.45) is 11.3 Å². The highest BCUT2D eigenvalue weighted by Crippen LogP contribution is 2.39. The van der Waals surface area contributed by atoms with Gasteiger partial charge in [0.15, 0.2) is 5.54 Å². The quantitative estimate of drug-likeness (QED) is 0.784. The molecule has 0 heterocycles. The Morgan fingerprint density at radius 1 is 1.35 bits per heavy atom. The number of carboxylic acids is 1. The van der Waals surface area contributed by atoms with E-state index in [-0.39, 0.29) is 12.5 Å². The van der Waals surface area contributed by atoms with Gasteiger partial charge in [-0.2, -0.15) is 0 Å². The minimum absolute atomic E-state index is 0.0359. The summed E-state index contributed by atoms with van der Waals surface area (Å²) in [4.78, 5) is 23.3. The zero-order valence-corrected chi connectivity index (χ0v) is 13.0. The van der Waals surface area contributed by atoms with E-state index in [0.717, 1.165) is 25.7 Å². The molecule has 5 nitrogen and oxygen atoms in total. The minimum atomic E-state index is -1.35. The number of aliphatic carboxylic acids is 1. The van der Waals surface area contributed by atoms with Gasteiger partial charge in [0, 0.05) is 13.5 Å². The number of hydrogen-bond acceptors (Lipinski definition) is 3. The molecule has 1 saturated carbocycles. The summed E-state index contributed by atoms with van der Waals surface area (Å²) in [6.07, 6.45) is 4.73. The molecule has 0 aromatic heterocycles. The number of hydrogen-bond donors (Lipinski definition) is 2. The standard InChI is InChI=1S/C15H27NO4/c1-14(2)7-5-11(6-8-14)9-12(17)16-15(3,10-20-4)13(18)19/h11H,5-10H2,1-4H3,(H,16,17)(H,18,19). The maximum Gasteiger partial charge on any atom is 0.331 e. The summed E-state index contributed by atoms with van der Waals surface area (Å²) in [6.45, 7) is 5.94. The average molecular weight is 285 g/mol. The molecule has 1 amide bonds. The highest BCUT2D eigenvalue weighted by atomic mass is 16.5. The van der Waals surface area contributed by atoms with Crippen molar-refractivity contribution in [3.05, 3.63) is 0 Å². The maximum atomic E-state index is 12.0. The molecule has 1 fully saturated rings. The number of methoxy groups -OCH3 is 1. The van der Waals surface area contributed by atoms with Crippen molar-refractivity contribution >= 4 is 11.9 Å². The van der Waals surface area contributed by atoms with Crippen molar-refractivity contribution in [3.63, 3.8) is 0 Å². The zero-order chi connectivity index (χ0) is 15.4. The summed E-state index contributed by atoms with van der Waals surface area (Å²) >= 11 is 0. The smallest absolute Gasteiger partial charge is 0.331 e.